The lowest BCUT2D eigenvalue weighted by molar-refractivity contribution is 0.103. The van der Waals surface area contributed by atoms with Gasteiger partial charge in [0.15, 0.2) is 5.78 Å². The van der Waals surface area contributed by atoms with Crippen LogP contribution in [0.15, 0.2) is 48.5 Å². The van der Waals surface area contributed by atoms with E-state index < -0.39 is 0 Å². The fourth-order valence-electron chi connectivity index (χ4n) is 2.75. The number of hydrogen-bond donors (Lipinski definition) is 0. The van der Waals surface area contributed by atoms with Crippen LogP contribution in [0.2, 0.25) is 0 Å². The van der Waals surface area contributed by atoms with Crippen molar-refractivity contribution < 1.29 is 4.79 Å². The largest absolute Gasteiger partial charge is 0.378 e. The minimum atomic E-state index is 0.112. The van der Waals surface area contributed by atoms with Crippen molar-refractivity contribution in [3.63, 3.8) is 0 Å². The minimum Gasteiger partial charge on any atom is -0.378 e. The van der Waals surface area contributed by atoms with Crippen molar-refractivity contribution in [3.8, 4) is 0 Å². The Labute approximate surface area is 126 Å². The first-order chi connectivity index (χ1) is 10.1. The van der Waals surface area contributed by atoms with Gasteiger partial charge in [-0.25, -0.2) is 0 Å². The van der Waals surface area contributed by atoms with E-state index in [0.29, 0.717) is 5.92 Å². The second-order valence-electron chi connectivity index (χ2n) is 6.02. The summed E-state index contributed by atoms with van der Waals surface area (Å²) >= 11 is 0. The summed E-state index contributed by atoms with van der Waals surface area (Å²) in [5.74, 6) is 0.773. The third-order valence-electron chi connectivity index (χ3n) is 4.37. The van der Waals surface area contributed by atoms with Crippen LogP contribution in [-0.4, -0.2) is 19.9 Å². The van der Waals surface area contributed by atoms with Crippen molar-refractivity contribution in [2.75, 3.05) is 19.0 Å². The lowest BCUT2D eigenvalue weighted by atomic mass is 9.79. The smallest absolute Gasteiger partial charge is 0.193 e. The standard InChI is InChI=1S/C19H21NO/c1-20(2)18-11-9-15(10-12-18)19(21)17-8-4-7-16(13-17)14-5-3-6-14/h4,7-14H,3,5-6H2,1-2H3. The number of hydrogen-bond acceptors (Lipinski definition) is 2. The van der Waals surface area contributed by atoms with Gasteiger partial charge in [0.05, 0.1) is 0 Å². The van der Waals surface area contributed by atoms with E-state index in [1.165, 1.54) is 24.8 Å². The molecule has 0 radical (unpaired) electrons. The van der Waals surface area contributed by atoms with Crippen molar-refractivity contribution in [3.05, 3.63) is 65.2 Å². The molecule has 3 rings (SSSR count). The van der Waals surface area contributed by atoms with Crippen LogP contribution in [0.3, 0.4) is 0 Å². The van der Waals surface area contributed by atoms with Crippen LogP contribution >= 0.6 is 0 Å². The van der Waals surface area contributed by atoms with Gasteiger partial charge in [0.1, 0.15) is 0 Å². The van der Waals surface area contributed by atoms with Gasteiger partial charge in [0.25, 0.3) is 0 Å². The molecule has 0 saturated heterocycles. The molecule has 21 heavy (non-hydrogen) atoms. The summed E-state index contributed by atoms with van der Waals surface area (Å²) < 4.78 is 0. The molecule has 0 spiro atoms. The molecular weight excluding hydrogens is 258 g/mol. The summed E-state index contributed by atoms with van der Waals surface area (Å²) in [6.07, 6.45) is 3.83. The topological polar surface area (TPSA) is 20.3 Å². The predicted octanol–water partition coefficient (Wildman–Crippen LogP) is 4.25. The van der Waals surface area contributed by atoms with Crippen LogP contribution in [0.4, 0.5) is 5.69 Å². The maximum Gasteiger partial charge on any atom is 0.193 e. The normalized spacial score (nSPS) is 14.6. The molecule has 1 aliphatic rings. The Bertz CT molecular complexity index is 639. The Morgan fingerprint density at radius 2 is 1.71 bits per heavy atom. The monoisotopic (exact) mass is 279 g/mol. The van der Waals surface area contributed by atoms with Crippen molar-refractivity contribution in [1.29, 1.82) is 0 Å². The summed E-state index contributed by atoms with van der Waals surface area (Å²) in [6.45, 7) is 0. The van der Waals surface area contributed by atoms with Crippen molar-refractivity contribution in [1.82, 2.24) is 0 Å². The minimum absolute atomic E-state index is 0.112. The molecule has 2 nitrogen and oxygen atoms in total. The molecule has 2 heteroatoms. The summed E-state index contributed by atoms with van der Waals surface area (Å²) in [7, 11) is 4.00. The summed E-state index contributed by atoms with van der Waals surface area (Å²) in [4.78, 5) is 14.6. The molecule has 0 N–H and O–H groups in total. The third kappa shape index (κ3) is 2.85. The van der Waals surface area contributed by atoms with E-state index in [2.05, 4.69) is 12.1 Å². The van der Waals surface area contributed by atoms with Crippen LogP contribution in [0, 0.1) is 0 Å². The van der Waals surface area contributed by atoms with E-state index >= 15 is 0 Å². The van der Waals surface area contributed by atoms with Crippen LogP contribution < -0.4 is 4.90 Å². The van der Waals surface area contributed by atoms with E-state index in [9.17, 15) is 4.79 Å². The zero-order valence-corrected chi connectivity index (χ0v) is 12.7. The Balaban J connectivity index is 1.84. The number of ketones is 1. The van der Waals surface area contributed by atoms with E-state index in [0.717, 1.165) is 16.8 Å². The molecule has 0 unspecified atom stereocenters. The highest BCUT2D eigenvalue weighted by Gasteiger charge is 2.20. The van der Waals surface area contributed by atoms with Gasteiger partial charge in [-0.15, -0.1) is 0 Å². The SMILES string of the molecule is CN(C)c1ccc(C(=O)c2cccc(C3CCC3)c2)cc1. The molecule has 0 atom stereocenters. The van der Waals surface area contributed by atoms with Gasteiger partial charge in [-0.3, -0.25) is 4.79 Å². The number of nitrogens with zero attached hydrogens (tertiary/aromatic N) is 1. The first-order valence-corrected chi connectivity index (χ1v) is 7.57. The Hall–Kier alpha value is -2.09. The molecule has 0 aromatic heterocycles. The summed E-state index contributed by atoms with van der Waals surface area (Å²) in [5, 5.41) is 0. The second kappa shape index (κ2) is 5.72. The molecule has 1 fully saturated rings. The fraction of sp³-hybridized carbons (Fsp3) is 0.316. The fourth-order valence-corrected chi connectivity index (χ4v) is 2.75. The zero-order valence-electron chi connectivity index (χ0n) is 12.7. The third-order valence-corrected chi connectivity index (χ3v) is 4.37. The lowest BCUT2D eigenvalue weighted by Gasteiger charge is -2.26. The van der Waals surface area contributed by atoms with Crippen molar-refractivity contribution >= 4 is 11.5 Å². The van der Waals surface area contributed by atoms with Gasteiger partial charge < -0.3 is 4.90 Å². The summed E-state index contributed by atoms with van der Waals surface area (Å²) in [6, 6.07) is 16.0. The molecule has 2 aromatic rings. The molecule has 0 heterocycles. The second-order valence-corrected chi connectivity index (χ2v) is 6.02. The quantitative estimate of drug-likeness (QED) is 0.780. The van der Waals surface area contributed by atoms with E-state index in [4.69, 9.17) is 0 Å². The van der Waals surface area contributed by atoms with Crippen molar-refractivity contribution in [2.24, 2.45) is 0 Å². The molecule has 108 valence electrons. The van der Waals surface area contributed by atoms with Crippen LogP contribution in [0.25, 0.3) is 0 Å². The number of carbonyl (C=O) groups is 1. The van der Waals surface area contributed by atoms with Crippen LogP contribution in [-0.2, 0) is 0 Å². The molecule has 1 saturated carbocycles. The van der Waals surface area contributed by atoms with Gasteiger partial charge in [-0.05, 0) is 54.7 Å². The lowest BCUT2D eigenvalue weighted by Crippen LogP contribution is -2.11. The van der Waals surface area contributed by atoms with E-state index in [1.54, 1.807) is 0 Å². The van der Waals surface area contributed by atoms with Gasteiger partial charge in [-0.1, -0.05) is 24.6 Å². The molecule has 1 aliphatic carbocycles. The van der Waals surface area contributed by atoms with Crippen LogP contribution in [0.1, 0.15) is 46.7 Å². The van der Waals surface area contributed by atoms with Gasteiger partial charge in [-0.2, -0.15) is 0 Å². The average molecular weight is 279 g/mol. The van der Waals surface area contributed by atoms with Gasteiger partial charge >= 0.3 is 0 Å². The maximum absolute atomic E-state index is 12.6. The van der Waals surface area contributed by atoms with E-state index in [1.807, 2.05) is 55.4 Å². The molecule has 0 amide bonds. The zero-order chi connectivity index (χ0) is 14.8. The maximum atomic E-state index is 12.6. The predicted molar refractivity (Wildman–Crippen MR) is 87.2 cm³/mol. The van der Waals surface area contributed by atoms with Crippen LogP contribution in [0.5, 0.6) is 0 Å². The summed E-state index contributed by atoms with van der Waals surface area (Å²) in [5.41, 5.74) is 3.98. The van der Waals surface area contributed by atoms with Gasteiger partial charge in [0.2, 0.25) is 0 Å². The van der Waals surface area contributed by atoms with Crippen molar-refractivity contribution in [2.45, 2.75) is 25.2 Å². The molecule has 0 aliphatic heterocycles. The number of anilines is 1. The van der Waals surface area contributed by atoms with Gasteiger partial charge in [0, 0.05) is 30.9 Å². The Morgan fingerprint density at radius 1 is 1.00 bits per heavy atom. The molecular formula is C19H21NO. The Kier molecular flexibility index (Phi) is 3.78. The average Bonchev–Trinajstić information content (AvgIpc) is 2.45. The highest BCUT2D eigenvalue weighted by atomic mass is 16.1. The number of carbonyl (C=O) groups excluding carboxylic acids is 1. The highest BCUT2D eigenvalue weighted by Crippen LogP contribution is 2.36. The Morgan fingerprint density at radius 3 is 2.29 bits per heavy atom. The first-order valence-electron chi connectivity index (χ1n) is 7.57. The highest BCUT2D eigenvalue weighted by molar-refractivity contribution is 6.09. The number of benzene rings is 2. The van der Waals surface area contributed by atoms with E-state index in [-0.39, 0.29) is 5.78 Å². The number of rotatable bonds is 4. The molecule has 2 aromatic carbocycles. The first kappa shape index (κ1) is 13.9. The molecule has 0 bridgehead atoms.